The van der Waals surface area contributed by atoms with Crippen LogP contribution in [0.4, 0.5) is 0 Å². The standard InChI is InChI=1S/C31H56N2O2S/c1-20(2)32-16-17-33-23-12-14-30(4)22(18-23)19-27(36-7)29-25-10-9-24(21(3)8-11-28(34)35-6)31(25,5)15-13-26(29)30/h20-27,29,32-33H,8-19H2,1-7H3/t21?,22-,23-,24-,25?,26?,27-,29?,30+,31-/m1/s1. The second kappa shape index (κ2) is 11.9. The van der Waals surface area contributed by atoms with E-state index in [4.69, 9.17) is 4.74 Å². The molecule has 4 aliphatic carbocycles. The van der Waals surface area contributed by atoms with E-state index >= 15 is 0 Å². The van der Waals surface area contributed by atoms with Crippen LogP contribution in [0.3, 0.4) is 0 Å². The van der Waals surface area contributed by atoms with Crippen molar-refractivity contribution in [2.75, 3.05) is 26.5 Å². The highest BCUT2D eigenvalue weighted by Crippen LogP contribution is 2.69. The number of fused-ring (bicyclic) bond motifs is 5. The van der Waals surface area contributed by atoms with Crippen LogP contribution in [0.2, 0.25) is 0 Å². The molecule has 0 aromatic heterocycles. The number of carbonyl (C=O) groups is 1. The van der Waals surface area contributed by atoms with E-state index < -0.39 is 0 Å². The molecule has 0 amide bonds. The summed E-state index contributed by atoms with van der Waals surface area (Å²) >= 11 is 2.19. The van der Waals surface area contributed by atoms with Gasteiger partial charge in [0.2, 0.25) is 0 Å². The maximum atomic E-state index is 11.8. The third-order valence-electron chi connectivity index (χ3n) is 11.9. The molecule has 4 nitrogen and oxygen atoms in total. The Morgan fingerprint density at radius 3 is 2.42 bits per heavy atom. The second-order valence-electron chi connectivity index (χ2n) is 13.9. The first-order valence-corrected chi connectivity index (χ1v) is 16.5. The summed E-state index contributed by atoms with van der Waals surface area (Å²) in [5, 5.41) is 8.30. The Morgan fingerprint density at radius 1 is 1.00 bits per heavy atom. The van der Waals surface area contributed by atoms with Gasteiger partial charge in [0.1, 0.15) is 0 Å². The SMILES string of the molecule is COC(=O)CCC(C)[C@H]1CCC2C3C(CC[C@@]21C)[C@@]1(C)CC[C@@H](NCCNC(C)C)C[C@@H]1C[C@H]3SC. The quantitative estimate of drug-likeness (QED) is 0.253. The number of hydrogen-bond donors (Lipinski definition) is 2. The Morgan fingerprint density at radius 2 is 1.72 bits per heavy atom. The normalized spacial score (nSPS) is 42.9. The molecule has 4 fully saturated rings. The molecule has 2 N–H and O–H groups in total. The summed E-state index contributed by atoms with van der Waals surface area (Å²) in [5.41, 5.74) is 0.983. The van der Waals surface area contributed by atoms with Crippen LogP contribution in [-0.4, -0.2) is 49.8 Å². The fraction of sp³-hybridized carbons (Fsp3) is 0.968. The van der Waals surface area contributed by atoms with Crippen molar-refractivity contribution >= 4 is 17.7 Å². The van der Waals surface area contributed by atoms with Gasteiger partial charge in [0.25, 0.3) is 0 Å². The monoisotopic (exact) mass is 520 g/mol. The van der Waals surface area contributed by atoms with Gasteiger partial charge in [0.05, 0.1) is 7.11 Å². The van der Waals surface area contributed by atoms with Crippen molar-refractivity contribution in [3.05, 3.63) is 0 Å². The summed E-state index contributed by atoms with van der Waals surface area (Å²) in [6.07, 6.45) is 15.2. The fourth-order valence-corrected chi connectivity index (χ4v) is 11.0. The minimum atomic E-state index is -0.0415. The molecule has 0 radical (unpaired) electrons. The Labute approximate surface area is 226 Å². The molecule has 4 unspecified atom stereocenters. The molecule has 0 heterocycles. The molecule has 0 saturated heterocycles. The van der Waals surface area contributed by atoms with E-state index in [9.17, 15) is 4.79 Å². The van der Waals surface area contributed by atoms with Crippen LogP contribution >= 0.6 is 11.8 Å². The number of nitrogens with one attached hydrogen (secondary N) is 2. The van der Waals surface area contributed by atoms with Gasteiger partial charge in [-0.3, -0.25) is 4.79 Å². The fourth-order valence-electron chi connectivity index (χ4n) is 9.89. The Kier molecular flexibility index (Phi) is 9.47. The number of esters is 1. The van der Waals surface area contributed by atoms with Gasteiger partial charge in [-0.25, -0.2) is 0 Å². The van der Waals surface area contributed by atoms with Gasteiger partial charge in [-0.2, -0.15) is 11.8 Å². The largest absolute Gasteiger partial charge is 0.469 e. The Balaban J connectivity index is 1.44. The van der Waals surface area contributed by atoms with Crippen LogP contribution < -0.4 is 10.6 Å². The molecule has 5 heteroatoms. The molecule has 0 spiro atoms. The first kappa shape index (κ1) is 28.7. The van der Waals surface area contributed by atoms with Gasteiger partial charge in [0.15, 0.2) is 0 Å². The number of ether oxygens (including phenoxy) is 1. The molecule has 0 bridgehead atoms. The number of thioether (sulfide) groups is 1. The van der Waals surface area contributed by atoms with E-state index in [2.05, 4.69) is 63.3 Å². The van der Waals surface area contributed by atoms with Gasteiger partial charge in [-0.1, -0.05) is 34.6 Å². The molecule has 10 atom stereocenters. The molecule has 208 valence electrons. The topological polar surface area (TPSA) is 50.4 Å². The zero-order chi connectivity index (χ0) is 26.1. The molecule has 0 aliphatic heterocycles. The lowest BCUT2D eigenvalue weighted by Gasteiger charge is -2.63. The molecule has 0 aromatic rings. The van der Waals surface area contributed by atoms with Gasteiger partial charge in [-0.15, -0.1) is 0 Å². The maximum Gasteiger partial charge on any atom is 0.305 e. The van der Waals surface area contributed by atoms with Crippen LogP contribution in [-0.2, 0) is 9.53 Å². The lowest BCUT2D eigenvalue weighted by molar-refractivity contribution is -0.141. The van der Waals surface area contributed by atoms with E-state index in [0.29, 0.717) is 35.3 Å². The molecule has 4 rings (SSSR count). The van der Waals surface area contributed by atoms with Crippen molar-refractivity contribution in [1.82, 2.24) is 10.6 Å². The number of hydrogen-bond acceptors (Lipinski definition) is 5. The molecule has 36 heavy (non-hydrogen) atoms. The lowest BCUT2D eigenvalue weighted by Crippen LogP contribution is -2.59. The number of methoxy groups -OCH3 is 1. The highest BCUT2D eigenvalue weighted by molar-refractivity contribution is 7.99. The summed E-state index contributed by atoms with van der Waals surface area (Å²) < 4.78 is 4.95. The molecular formula is C31H56N2O2S. The Hall–Kier alpha value is -0.260. The first-order chi connectivity index (χ1) is 17.1. The zero-order valence-corrected chi connectivity index (χ0v) is 25.2. The zero-order valence-electron chi connectivity index (χ0n) is 24.4. The summed E-state index contributed by atoms with van der Waals surface area (Å²) in [6, 6.07) is 1.28. The third-order valence-corrected chi connectivity index (χ3v) is 13.0. The van der Waals surface area contributed by atoms with Crippen molar-refractivity contribution in [3.8, 4) is 0 Å². The predicted molar refractivity (Wildman–Crippen MR) is 153 cm³/mol. The lowest BCUT2D eigenvalue weighted by atomic mass is 9.44. The van der Waals surface area contributed by atoms with Crippen LogP contribution in [0, 0.1) is 46.3 Å². The molecular weight excluding hydrogens is 464 g/mol. The average molecular weight is 521 g/mol. The highest BCUT2D eigenvalue weighted by atomic mass is 32.2. The minimum Gasteiger partial charge on any atom is -0.469 e. The van der Waals surface area contributed by atoms with Crippen molar-refractivity contribution in [3.63, 3.8) is 0 Å². The minimum absolute atomic E-state index is 0.0415. The average Bonchev–Trinajstić information content (AvgIpc) is 3.21. The summed E-state index contributed by atoms with van der Waals surface area (Å²) in [7, 11) is 1.52. The summed E-state index contributed by atoms with van der Waals surface area (Å²) in [5.74, 6) is 4.87. The van der Waals surface area contributed by atoms with Crippen LogP contribution in [0.25, 0.3) is 0 Å². The van der Waals surface area contributed by atoms with Gasteiger partial charge < -0.3 is 15.4 Å². The van der Waals surface area contributed by atoms with E-state index in [1.54, 1.807) is 0 Å². The Bertz CT molecular complexity index is 746. The van der Waals surface area contributed by atoms with Crippen molar-refractivity contribution in [2.24, 2.45) is 46.3 Å². The van der Waals surface area contributed by atoms with Gasteiger partial charge in [-0.05, 0) is 110 Å². The van der Waals surface area contributed by atoms with Gasteiger partial charge in [0, 0.05) is 36.8 Å². The third kappa shape index (κ3) is 5.55. The van der Waals surface area contributed by atoms with Gasteiger partial charge >= 0.3 is 5.97 Å². The van der Waals surface area contributed by atoms with E-state index in [-0.39, 0.29) is 5.97 Å². The second-order valence-corrected chi connectivity index (χ2v) is 14.9. The van der Waals surface area contributed by atoms with E-state index in [0.717, 1.165) is 54.3 Å². The number of carbonyl (C=O) groups excluding carboxylic acids is 1. The predicted octanol–water partition coefficient (Wildman–Crippen LogP) is 6.53. The highest BCUT2D eigenvalue weighted by Gasteiger charge is 2.62. The smallest absolute Gasteiger partial charge is 0.305 e. The first-order valence-electron chi connectivity index (χ1n) is 15.2. The summed E-state index contributed by atoms with van der Waals surface area (Å²) in [6.45, 7) is 14.4. The maximum absolute atomic E-state index is 11.8. The summed E-state index contributed by atoms with van der Waals surface area (Å²) in [4.78, 5) is 11.8. The van der Waals surface area contributed by atoms with Crippen LogP contribution in [0.1, 0.15) is 98.8 Å². The van der Waals surface area contributed by atoms with E-state index in [1.807, 2.05) is 0 Å². The van der Waals surface area contributed by atoms with Crippen molar-refractivity contribution < 1.29 is 9.53 Å². The van der Waals surface area contributed by atoms with Crippen molar-refractivity contribution in [1.29, 1.82) is 0 Å². The van der Waals surface area contributed by atoms with Crippen molar-refractivity contribution in [2.45, 2.75) is 116 Å². The van der Waals surface area contributed by atoms with E-state index in [1.165, 1.54) is 58.5 Å². The molecule has 4 aliphatic rings. The molecule has 4 saturated carbocycles. The van der Waals surface area contributed by atoms with Crippen LogP contribution in [0.5, 0.6) is 0 Å². The molecule has 0 aromatic carbocycles. The number of rotatable bonds is 10. The van der Waals surface area contributed by atoms with Crippen LogP contribution in [0.15, 0.2) is 0 Å².